The van der Waals surface area contributed by atoms with Gasteiger partial charge in [0.1, 0.15) is 11.2 Å². The Kier molecular flexibility index (Phi) is 19.7. The third-order valence-corrected chi connectivity index (χ3v) is 31.1. The van der Waals surface area contributed by atoms with E-state index in [4.69, 9.17) is 4.42 Å². The van der Waals surface area contributed by atoms with Crippen molar-refractivity contribution in [2.75, 3.05) is 0 Å². The molecule has 0 N–H and O–H groups in total. The number of thiophene rings is 1. The molecule has 31 aromatic rings. The van der Waals surface area contributed by atoms with E-state index in [9.17, 15) is 0 Å². The minimum atomic E-state index is 0.909. The second-order valence-corrected chi connectivity index (χ2v) is 39.2. The first-order valence-corrected chi connectivity index (χ1v) is 50.8. The molecule has 8 aromatic heterocycles. The van der Waals surface area contributed by atoms with Crippen molar-refractivity contribution in [3.63, 3.8) is 0 Å². The standard InChI is InChI=1S/C48H30N2S.C48H32N2.C42H26N2O/c1-2-13-34(14-3-1)49-43-21-7-4-16-37(43)41-29-31(24-26-45(41)49)32-25-27-46-42(30-32)38-17-5-8-22-44(38)50(46)35-15-10-12-33(28-35)36-19-11-20-40-39-18-6-9-23-47(39)51-48(36)40;1-4-14-33(15-5-1)37-28-38(34-16-6-2-7-17-34)30-40(29-37)50-46-23-13-11-21-42(46)44-32-36(25-27-48(44)50)35-24-26-47-43(31-35)41-20-10-12-22-45(41)49(47)39-18-8-3-9-19-39;1-2-10-29(11-3-1)43-37-15-7-4-12-31(37)34-24-27(18-21-39(34)43)28-19-22-40-35(25-28)32-13-5-8-16-38(32)44(40)30-20-23-42-36(26-30)33-14-6-9-17-41(33)45-42/h1-30H;1-32H;1-26H. The van der Waals surface area contributed by atoms with Crippen LogP contribution < -0.4 is 0 Å². The quantitative estimate of drug-likeness (QED) is 0.120. The molecular weight excluding hydrogens is 1790 g/mol. The summed E-state index contributed by atoms with van der Waals surface area (Å²) >= 11 is 1.88. The predicted octanol–water partition coefficient (Wildman–Crippen LogP) is 37.9. The van der Waals surface area contributed by atoms with Gasteiger partial charge in [0.15, 0.2) is 0 Å². The van der Waals surface area contributed by atoms with Gasteiger partial charge in [-0.15, -0.1) is 11.3 Å². The summed E-state index contributed by atoms with van der Waals surface area (Å²) in [5.41, 5.74) is 37.9. The number of hydrogen-bond acceptors (Lipinski definition) is 2. The third-order valence-electron chi connectivity index (χ3n) is 29.9. The molecular formula is C138H88N6OS. The molecule has 31 rings (SSSR count). The van der Waals surface area contributed by atoms with Crippen LogP contribution in [0.15, 0.2) is 538 Å². The van der Waals surface area contributed by atoms with E-state index < -0.39 is 0 Å². The van der Waals surface area contributed by atoms with Crippen molar-refractivity contribution in [2.45, 2.75) is 0 Å². The number of furan rings is 1. The normalized spacial score (nSPS) is 11.8. The average Bonchev–Trinajstić information content (AvgIpc) is 1.58. The van der Waals surface area contributed by atoms with Gasteiger partial charge in [0.05, 0.1) is 66.2 Å². The molecule has 0 fully saturated rings. The Balaban J connectivity index is 0.000000104. The lowest BCUT2D eigenvalue weighted by molar-refractivity contribution is 0.669. The van der Waals surface area contributed by atoms with Gasteiger partial charge in [0.25, 0.3) is 0 Å². The summed E-state index contributed by atoms with van der Waals surface area (Å²) in [6.45, 7) is 0. The fourth-order valence-corrected chi connectivity index (χ4v) is 24.5. The van der Waals surface area contributed by atoms with E-state index >= 15 is 0 Å². The number of benzene rings is 23. The number of para-hydroxylation sites is 10. The third kappa shape index (κ3) is 13.9. The fraction of sp³-hybridized carbons (Fsp3) is 0. The molecule has 0 aliphatic heterocycles. The Morgan fingerprint density at radius 3 is 0.781 bits per heavy atom. The summed E-state index contributed by atoms with van der Waals surface area (Å²) < 4.78 is 23.2. The summed E-state index contributed by atoms with van der Waals surface area (Å²) in [5, 5.41) is 20.0. The van der Waals surface area contributed by atoms with Gasteiger partial charge >= 0.3 is 0 Å². The van der Waals surface area contributed by atoms with E-state index in [1.807, 2.05) is 23.5 Å². The van der Waals surface area contributed by atoms with Crippen molar-refractivity contribution in [1.29, 1.82) is 0 Å². The van der Waals surface area contributed by atoms with Crippen LogP contribution in [0.2, 0.25) is 0 Å². The Labute approximate surface area is 844 Å². The van der Waals surface area contributed by atoms with Crippen LogP contribution in [-0.4, -0.2) is 27.4 Å². The maximum Gasteiger partial charge on any atom is 0.135 e. The highest BCUT2D eigenvalue weighted by atomic mass is 32.1. The molecule has 0 aliphatic rings. The molecule has 0 bridgehead atoms. The first-order valence-electron chi connectivity index (χ1n) is 50.0. The molecule has 0 saturated carbocycles. The molecule has 7 nitrogen and oxygen atoms in total. The lowest BCUT2D eigenvalue weighted by Crippen LogP contribution is -1.96. The zero-order valence-electron chi connectivity index (χ0n) is 79.3. The molecule has 682 valence electrons. The first kappa shape index (κ1) is 83.8. The Hall–Kier alpha value is -19.1. The zero-order valence-corrected chi connectivity index (χ0v) is 80.1. The molecule has 0 atom stereocenters. The highest BCUT2D eigenvalue weighted by molar-refractivity contribution is 7.26. The summed E-state index contributed by atoms with van der Waals surface area (Å²) in [6.07, 6.45) is 0. The number of rotatable bonds is 12. The minimum absolute atomic E-state index is 0.909. The lowest BCUT2D eigenvalue weighted by Gasteiger charge is -2.14. The van der Waals surface area contributed by atoms with Crippen molar-refractivity contribution >= 4 is 184 Å². The van der Waals surface area contributed by atoms with Gasteiger partial charge in [0.2, 0.25) is 0 Å². The summed E-state index contributed by atoms with van der Waals surface area (Å²) in [6, 6.07) is 194. The van der Waals surface area contributed by atoms with Crippen LogP contribution in [0.1, 0.15) is 0 Å². The molecule has 23 aromatic carbocycles. The van der Waals surface area contributed by atoms with E-state index in [2.05, 4.69) is 549 Å². The van der Waals surface area contributed by atoms with Crippen LogP contribution in [0, 0.1) is 0 Å². The second-order valence-electron chi connectivity index (χ2n) is 38.1. The van der Waals surface area contributed by atoms with Gasteiger partial charge in [-0.25, -0.2) is 0 Å². The van der Waals surface area contributed by atoms with Crippen LogP contribution in [-0.2, 0) is 0 Å². The maximum absolute atomic E-state index is 6.14. The molecule has 146 heavy (non-hydrogen) atoms. The van der Waals surface area contributed by atoms with Gasteiger partial charge in [-0.05, 0) is 273 Å². The maximum atomic E-state index is 6.14. The summed E-state index contributed by atoms with van der Waals surface area (Å²) in [4.78, 5) is 0. The highest BCUT2D eigenvalue weighted by Gasteiger charge is 2.25. The van der Waals surface area contributed by atoms with Crippen LogP contribution in [0.25, 0.3) is 274 Å². The highest BCUT2D eigenvalue weighted by Crippen LogP contribution is 2.48. The van der Waals surface area contributed by atoms with Crippen molar-refractivity contribution < 1.29 is 4.42 Å². The number of fused-ring (bicyclic) bond motifs is 24. The zero-order chi connectivity index (χ0) is 96.0. The van der Waals surface area contributed by atoms with Crippen molar-refractivity contribution in [1.82, 2.24) is 27.4 Å². The first-order chi connectivity index (χ1) is 72.4. The topological polar surface area (TPSA) is 42.7 Å². The van der Waals surface area contributed by atoms with Crippen LogP contribution in [0.4, 0.5) is 0 Å². The molecule has 0 aliphatic carbocycles. The van der Waals surface area contributed by atoms with Crippen molar-refractivity contribution in [3.05, 3.63) is 534 Å². The van der Waals surface area contributed by atoms with Gasteiger partial charge in [-0.2, -0.15) is 0 Å². The molecule has 0 unspecified atom stereocenters. The SMILES string of the molecule is c1ccc(-c2cc(-c3ccccc3)cc(-n3c4ccccc4c4cc(-c5ccc6c(c5)c5ccccc5n6-c5ccccc5)ccc43)c2)cc1.c1ccc(-n2c3ccccc3c3cc(-c4ccc5c(c4)c4ccccc4n5-c4ccc5oc6ccccc6c5c4)ccc32)cc1.c1ccc(-n2c3ccccc3c3cc(-c4ccc5c(c4)c4ccccc4n5-c4cccc(-c5cccc6c5sc5ccccc56)c4)ccc32)cc1. The molecule has 0 radical (unpaired) electrons. The smallest absolute Gasteiger partial charge is 0.135 e. The molecule has 0 amide bonds. The fourth-order valence-electron chi connectivity index (χ4n) is 23.3. The van der Waals surface area contributed by atoms with E-state index in [1.54, 1.807) is 0 Å². The Bertz CT molecular complexity index is 10600. The summed E-state index contributed by atoms with van der Waals surface area (Å²) in [5.74, 6) is 0. The lowest BCUT2D eigenvalue weighted by atomic mass is 9.98. The second kappa shape index (κ2) is 34.4. The van der Waals surface area contributed by atoms with E-state index in [1.165, 1.54) is 241 Å². The Morgan fingerprint density at radius 2 is 0.397 bits per heavy atom. The minimum Gasteiger partial charge on any atom is -0.456 e. The molecule has 8 heterocycles. The number of aromatic nitrogens is 6. The van der Waals surface area contributed by atoms with E-state index in [0.29, 0.717) is 0 Å². The van der Waals surface area contributed by atoms with Gasteiger partial charge in [0, 0.05) is 130 Å². The predicted molar refractivity (Wildman–Crippen MR) is 618 cm³/mol. The molecule has 0 saturated heterocycles. The molecule has 0 spiro atoms. The van der Waals surface area contributed by atoms with Crippen molar-refractivity contribution in [3.8, 4) is 101 Å². The average molecular weight is 1880 g/mol. The van der Waals surface area contributed by atoms with Crippen molar-refractivity contribution in [2.24, 2.45) is 0 Å². The number of nitrogens with zero attached hydrogens (tertiary/aromatic N) is 6. The largest absolute Gasteiger partial charge is 0.456 e. The summed E-state index contributed by atoms with van der Waals surface area (Å²) in [7, 11) is 0. The van der Waals surface area contributed by atoms with Gasteiger partial charge in [-0.1, -0.05) is 328 Å². The van der Waals surface area contributed by atoms with Crippen LogP contribution >= 0.6 is 11.3 Å². The van der Waals surface area contributed by atoms with Crippen LogP contribution in [0.5, 0.6) is 0 Å². The van der Waals surface area contributed by atoms with Crippen LogP contribution in [0.3, 0.4) is 0 Å². The van der Waals surface area contributed by atoms with E-state index in [0.717, 1.165) is 33.3 Å². The molecule has 8 heteroatoms. The van der Waals surface area contributed by atoms with Gasteiger partial charge < -0.3 is 31.8 Å². The Morgan fingerprint density at radius 1 is 0.130 bits per heavy atom. The number of hydrogen-bond donors (Lipinski definition) is 0. The van der Waals surface area contributed by atoms with E-state index in [-0.39, 0.29) is 0 Å². The van der Waals surface area contributed by atoms with Gasteiger partial charge in [-0.3, -0.25) is 0 Å². The monoisotopic (exact) mass is 1880 g/mol.